The zero-order valence-corrected chi connectivity index (χ0v) is 16.4. The van der Waals surface area contributed by atoms with Crippen LogP contribution in [0.15, 0.2) is 83.5 Å². The summed E-state index contributed by atoms with van der Waals surface area (Å²) in [6, 6.07) is 20.6. The van der Waals surface area contributed by atoms with Crippen molar-refractivity contribution in [2.75, 3.05) is 10.6 Å². The molecule has 148 valence electrons. The van der Waals surface area contributed by atoms with E-state index in [1.54, 1.807) is 16.8 Å². The zero-order chi connectivity index (χ0) is 20.5. The van der Waals surface area contributed by atoms with Crippen molar-refractivity contribution >= 4 is 35.1 Å². The molecule has 1 atom stereocenters. The second-order valence-electron chi connectivity index (χ2n) is 6.70. The Morgan fingerprint density at radius 3 is 2.60 bits per heavy atom. The molecule has 0 fully saturated rings. The van der Waals surface area contributed by atoms with Crippen molar-refractivity contribution < 1.29 is 9.21 Å². The monoisotopic (exact) mass is 417 g/mol. The molecule has 8 heteroatoms. The number of aromatic nitrogens is 3. The number of carbonyl (C=O) groups excluding carboxylic acids is 1. The number of nitrogens with zero attached hydrogens (tertiary/aromatic N) is 3. The maximum atomic E-state index is 12.3. The molecule has 0 spiro atoms. The van der Waals surface area contributed by atoms with Gasteiger partial charge in [0.2, 0.25) is 5.95 Å². The molecule has 1 amide bonds. The molecule has 2 aromatic carbocycles. The maximum absolute atomic E-state index is 12.3. The molecule has 1 aliphatic rings. The van der Waals surface area contributed by atoms with Gasteiger partial charge in [-0.05, 0) is 41.5 Å². The van der Waals surface area contributed by atoms with Gasteiger partial charge in [0, 0.05) is 10.7 Å². The number of amides is 1. The van der Waals surface area contributed by atoms with Gasteiger partial charge < -0.3 is 9.73 Å². The quantitative estimate of drug-likeness (QED) is 0.496. The van der Waals surface area contributed by atoms with E-state index in [-0.39, 0.29) is 17.8 Å². The minimum Gasteiger partial charge on any atom is -0.459 e. The topological polar surface area (TPSA) is 85.0 Å². The van der Waals surface area contributed by atoms with Gasteiger partial charge in [0.1, 0.15) is 6.04 Å². The van der Waals surface area contributed by atoms with Gasteiger partial charge in [-0.3, -0.25) is 10.1 Å². The molecule has 1 unspecified atom stereocenters. The van der Waals surface area contributed by atoms with Crippen molar-refractivity contribution in [3.8, 4) is 0 Å². The predicted molar refractivity (Wildman–Crippen MR) is 114 cm³/mol. The third-order valence-electron chi connectivity index (χ3n) is 4.73. The summed E-state index contributed by atoms with van der Waals surface area (Å²) in [6.45, 7) is 0. The average molecular weight is 418 g/mol. The summed E-state index contributed by atoms with van der Waals surface area (Å²) in [5.41, 5.74) is 2.89. The van der Waals surface area contributed by atoms with Gasteiger partial charge in [-0.15, -0.1) is 5.10 Å². The Bertz CT molecular complexity index is 1210. The summed E-state index contributed by atoms with van der Waals surface area (Å²) in [6.07, 6.45) is 3.51. The van der Waals surface area contributed by atoms with Gasteiger partial charge in [-0.2, -0.15) is 4.98 Å². The minimum absolute atomic E-state index is 0.186. The smallest absolute Gasteiger partial charge is 0.293 e. The van der Waals surface area contributed by atoms with Crippen LogP contribution in [0.1, 0.15) is 27.7 Å². The van der Waals surface area contributed by atoms with Crippen molar-refractivity contribution in [1.82, 2.24) is 14.8 Å². The lowest BCUT2D eigenvalue weighted by Crippen LogP contribution is -2.20. The van der Waals surface area contributed by atoms with Crippen molar-refractivity contribution in [1.29, 1.82) is 0 Å². The van der Waals surface area contributed by atoms with E-state index in [0.29, 0.717) is 11.0 Å². The SMILES string of the molecule is O=C(Nc1nc2n(n1)C(c1ccccc1)C=C(c1ccc(Cl)cc1)N2)c1ccco1. The van der Waals surface area contributed by atoms with E-state index in [2.05, 4.69) is 26.8 Å². The fraction of sp³-hybridized carbons (Fsp3) is 0.0455. The number of allylic oxidation sites excluding steroid dienone is 1. The van der Waals surface area contributed by atoms with Crippen LogP contribution in [0.5, 0.6) is 0 Å². The number of hydrogen-bond donors (Lipinski definition) is 2. The van der Waals surface area contributed by atoms with Gasteiger partial charge in [0.05, 0.1) is 6.26 Å². The molecule has 4 aromatic rings. The third-order valence-corrected chi connectivity index (χ3v) is 4.98. The summed E-state index contributed by atoms with van der Waals surface area (Å²) in [5, 5.41) is 11.1. The molecule has 7 nitrogen and oxygen atoms in total. The first-order chi connectivity index (χ1) is 14.7. The van der Waals surface area contributed by atoms with Crippen LogP contribution >= 0.6 is 11.6 Å². The maximum Gasteiger partial charge on any atom is 0.293 e. The summed E-state index contributed by atoms with van der Waals surface area (Å²) >= 11 is 6.04. The normalized spacial score (nSPS) is 15.1. The van der Waals surface area contributed by atoms with Crippen LogP contribution in [0.4, 0.5) is 11.9 Å². The van der Waals surface area contributed by atoms with Gasteiger partial charge in [-0.1, -0.05) is 54.1 Å². The Hall–Kier alpha value is -3.84. The minimum atomic E-state index is -0.412. The predicted octanol–water partition coefficient (Wildman–Crippen LogP) is 4.83. The van der Waals surface area contributed by atoms with Crippen molar-refractivity contribution in [3.05, 3.63) is 101 Å². The average Bonchev–Trinajstić information content (AvgIpc) is 3.44. The molecule has 1 aliphatic heterocycles. The fourth-order valence-corrected chi connectivity index (χ4v) is 3.43. The highest BCUT2D eigenvalue weighted by atomic mass is 35.5. The Kier molecular flexibility index (Phi) is 4.57. The third kappa shape index (κ3) is 3.46. The number of benzene rings is 2. The first kappa shape index (κ1) is 18.2. The highest BCUT2D eigenvalue weighted by molar-refractivity contribution is 6.30. The molecule has 5 rings (SSSR count). The highest BCUT2D eigenvalue weighted by Gasteiger charge is 2.26. The molecular weight excluding hydrogens is 402 g/mol. The summed E-state index contributed by atoms with van der Waals surface area (Å²) in [7, 11) is 0. The largest absolute Gasteiger partial charge is 0.459 e. The Balaban J connectivity index is 1.52. The zero-order valence-electron chi connectivity index (χ0n) is 15.6. The molecule has 0 radical (unpaired) electrons. The molecule has 30 heavy (non-hydrogen) atoms. The second kappa shape index (κ2) is 7.53. The van der Waals surface area contributed by atoms with Crippen LogP contribution in [0, 0.1) is 0 Å². The summed E-state index contributed by atoms with van der Waals surface area (Å²) in [4.78, 5) is 16.8. The van der Waals surface area contributed by atoms with Gasteiger partial charge in [0.25, 0.3) is 11.9 Å². The van der Waals surface area contributed by atoms with Crippen LogP contribution in [-0.2, 0) is 0 Å². The van der Waals surface area contributed by atoms with E-state index >= 15 is 0 Å². The standard InChI is InChI=1S/C22H16ClN5O2/c23-16-10-8-14(9-11-16)17-13-18(15-5-2-1-3-6-15)28-22(24-17)26-21(27-28)25-20(29)19-7-4-12-30-19/h1-13,18H,(H2,24,25,26,27,29). The fourth-order valence-electron chi connectivity index (χ4n) is 3.30. The van der Waals surface area contributed by atoms with Crippen molar-refractivity contribution in [2.24, 2.45) is 0 Å². The molecular formula is C22H16ClN5O2. The van der Waals surface area contributed by atoms with Gasteiger partial charge >= 0.3 is 0 Å². The van der Waals surface area contributed by atoms with Gasteiger partial charge in [0.15, 0.2) is 5.76 Å². The first-order valence-electron chi connectivity index (χ1n) is 9.28. The Morgan fingerprint density at radius 1 is 1.07 bits per heavy atom. The number of hydrogen-bond acceptors (Lipinski definition) is 5. The van der Waals surface area contributed by atoms with E-state index in [9.17, 15) is 4.79 Å². The number of rotatable bonds is 4. The van der Waals surface area contributed by atoms with Crippen LogP contribution in [0.2, 0.25) is 5.02 Å². The van der Waals surface area contributed by atoms with E-state index in [1.807, 2.05) is 54.6 Å². The lowest BCUT2D eigenvalue weighted by molar-refractivity contribution is 0.0996. The van der Waals surface area contributed by atoms with Crippen LogP contribution in [0.3, 0.4) is 0 Å². The molecule has 0 aliphatic carbocycles. The first-order valence-corrected chi connectivity index (χ1v) is 9.66. The molecule has 0 saturated heterocycles. The highest BCUT2D eigenvalue weighted by Crippen LogP contribution is 2.33. The lowest BCUT2D eigenvalue weighted by atomic mass is 10.0. The van der Waals surface area contributed by atoms with E-state index in [1.165, 1.54) is 6.26 Å². The molecule has 0 saturated carbocycles. The lowest BCUT2D eigenvalue weighted by Gasteiger charge is -2.24. The van der Waals surface area contributed by atoms with Crippen molar-refractivity contribution in [2.45, 2.75) is 6.04 Å². The van der Waals surface area contributed by atoms with E-state index in [4.69, 9.17) is 16.0 Å². The summed E-state index contributed by atoms with van der Waals surface area (Å²) < 4.78 is 6.88. The van der Waals surface area contributed by atoms with Gasteiger partial charge in [-0.25, -0.2) is 4.68 Å². The molecule has 2 N–H and O–H groups in total. The van der Waals surface area contributed by atoms with Crippen LogP contribution < -0.4 is 10.6 Å². The number of halogens is 1. The van der Waals surface area contributed by atoms with Crippen LogP contribution in [0.25, 0.3) is 5.70 Å². The summed E-state index contributed by atoms with van der Waals surface area (Å²) in [5.74, 6) is 0.483. The number of anilines is 2. The number of nitrogens with one attached hydrogen (secondary N) is 2. The van der Waals surface area contributed by atoms with E-state index < -0.39 is 5.91 Å². The Labute approximate surface area is 177 Å². The Morgan fingerprint density at radius 2 is 1.87 bits per heavy atom. The van der Waals surface area contributed by atoms with Crippen molar-refractivity contribution in [3.63, 3.8) is 0 Å². The molecule has 2 aromatic heterocycles. The second-order valence-corrected chi connectivity index (χ2v) is 7.14. The number of fused-ring (bicyclic) bond motifs is 1. The van der Waals surface area contributed by atoms with E-state index in [0.717, 1.165) is 16.8 Å². The molecule has 3 heterocycles. The molecule has 0 bridgehead atoms. The number of furan rings is 1. The van der Waals surface area contributed by atoms with Crippen LogP contribution in [-0.4, -0.2) is 20.7 Å². The number of carbonyl (C=O) groups is 1.